The minimum atomic E-state index is -0.522. The first-order valence-electron chi connectivity index (χ1n) is 9.78. The van der Waals surface area contributed by atoms with Crippen molar-refractivity contribution >= 4 is 5.97 Å². The van der Waals surface area contributed by atoms with Crippen LogP contribution < -0.4 is 4.74 Å². The van der Waals surface area contributed by atoms with Gasteiger partial charge in [-0.15, -0.1) is 0 Å². The van der Waals surface area contributed by atoms with Gasteiger partial charge in [0.2, 0.25) is 0 Å². The number of aryl methyl sites for hydroxylation is 1. The predicted molar refractivity (Wildman–Crippen MR) is 107 cm³/mol. The molecule has 3 rings (SSSR count). The Balaban J connectivity index is 1.57. The largest absolute Gasteiger partial charge is 0.492 e. The fourth-order valence-electron chi connectivity index (χ4n) is 3.72. The molecule has 0 bridgehead atoms. The normalized spacial score (nSPS) is 16.7. The topological polar surface area (TPSA) is 38.8 Å². The van der Waals surface area contributed by atoms with Crippen LogP contribution in [0.5, 0.6) is 5.75 Å². The predicted octanol–water partition coefficient (Wildman–Crippen LogP) is 3.97. The standard InChI is InChI=1S/C23H29NO3/c1-3-26-22(25)23(20-7-5-4-6-8-20)13-15-24(16-14-23)17-18-27-21-11-9-19(2)10-12-21/h4-12H,3,13-18H2,1-2H3. The molecule has 0 saturated carbocycles. The summed E-state index contributed by atoms with van der Waals surface area (Å²) in [5.74, 6) is 0.814. The Kier molecular flexibility index (Phi) is 6.51. The molecule has 1 aliphatic heterocycles. The zero-order chi connectivity index (χ0) is 19.1. The molecule has 0 radical (unpaired) electrons. The molecule has 1 fully saturated rings. The number of carbonyl (C=O) groups is 1. The number of ether oxygens (including phenoxy) is 2. The summed E-state index contributed by atoms with van der Waals surface area (Å²) in [5, 5.41) is 0. The minimum absolute atomic E-state index is 0.0910. The van der Waals surface area contributed by atoms with Crippen LogP contribution in [0.4, 0.5) is 0 Å². The lowest BCUT2D eigenvalue weighted by Crippen LogP contribution is -2.48. The van der Waals surface area contributed by atoms with Crippen LogP contribution in [0, 0.1) is 6.92 Å². The van der Waals surface area contributed by atoms with E-state index in [1.807, 2.05) is 49.4 Å². The van der Waals surface area contributed by atoms with Gasteiger partial charge < -0.3 is 9.47 Å². The molecule has 0 N–H and O–H groups in total. The molecule has 0 aromatic heterocycles. The fraction of sp³-hybridized carbons (Fsp3) is 0.435. The first kappa shape index (κ1) is 19.4. The Labute approximate surface area is 162 Å². The van der Waals surface area contributed by atoms with Crippen LogP contribution in [-0.2, 0) is 14.9 Å². The second-order valence-corrected chi connectivity index (χ2v) is 7.17. The molecule has 0 spiro atoms. The molecule has 2 aromatic carbocycles. The smallest absolute Gasteiger partial charge is 0.316 e. The molecule has 144 valence electrons. The summed E-state index contributed by atoms with van der Waals surface area (Å²) in [4.78, 5) is 15.2. The van der Waals surface area contributed by atoms with E-state index in [0.717, 1.165) is 43.8 Å². The van der Waals surface area contributed by atoms with Gasteiger partial charge in [0, 0.05) is 6.54 Å². The summed E-state index contributed by atoms with van der Waals surface area (Å²) in [7, 11) is 0. The van der Waals surface area contributed by atoms with Gasteiger partial charge in [-0.05, 0) is 57.5 Å². The van der Waals surface area contributed by atoms with Gasteiger partial charge in [0.15, 0.2) is 0 Å². The van der Waals surface area contributed by atoms with Crippen molar-refractivity contribution in [2.24, 2.45) is 0 Å². The SMILES string of the molecule is CCOC(=O)C1(c2ccccc2)CCN(CCOc2ccc(C)cc2)CC1. The first-order chi connectivity index (χ1) is 13.1. The maximum absolute atomic E-state index is 12.8. The summed E-state index contributed by atoms with van der Waals surface area (Å²) in [5.41, 5.74) is 1.78. The Morgan fingerprint density at radius 1 is 1.04 bits per heavy atom. The number of carbonyl (C=O) groups excluding carboxylic acids is 1. The summed E-state index contributed by atoms with van der Waals surface area (Å²) in [6.45, 7) is 7.61. The van der Waals surface area contributed by atoms with Crippen LogP contribution in [-0.4, -0.2) is 43.7 Å². The molecule has 0 amide bonds. The lowest BCUT2D eigenvalue weighted by molar-refractivity contribution is -0.152. The van der Waals surface area contributed by atoms with Gasteiger partial charge in [-0.2, -0.15) is 0 Å². The van der Waals surface area contributed by atoms with Crippen molar-refractivity contribution in [3.05, 3.63) is 65.7 Å². The number of benzene rings is 2. The third-order valence-electron chi connectivity index (χ3n) is 5.40. The first-order valence-corrected chi connectivity index (χ1v) is 9.78. The third kappa shape index (κ3) is 4.69. The second-order valence-electron chi connectivity index (χ2n) is 7.17. The second kappa shape index (κ2) is 9.05. The highest BCUT2D eigenvalue weighted by Gasteiger charge is 2.44. The van der Waals surface area contributed by atoms with E-state index in [9.17, 15) is 4.79 Å². The van der Waals surface area contributed by atoms with E-state index in [2.05, 4.69) is 24.0 Å². The van der Waals surface area contributed by atoms with E-state index >= 15 is 0 Å². The molecular formula is C23H29NO3. The van der Waals surface area contributed by atoms with Crippen LogP contribution >= 0.6 is 0 Å². The lowest BCUT2D eigenvalue weighted by atomic mass is 9.72. The molecular weight excluding hydrogens is 338 g/mol. The van der Waals surface area contributed by atoms with Crippen molar-refractivity contribution < 1.29 is 14.3 Å². The van der Waals surface area contributed by atoms with Crippen LogP contribution in [0.3, 0.4) is 0 Å². The van der Waals surface area contributed by atoms with Crippen molar-refractivity contribution in [1.82, 2.24) is 4.90 Å². The molecule has 4 heteroatoms. The number of hydrogen-bond donors (Lipinski definition) is 0. The maximum atomic E-state index is 12.8. The Morgan fingerprint density at radius 2 is 1.70 bits per heavy atom. The Hall–Kier alpha value is -2.33. The van der Waals surface area contributed by atoms with Gasteiger partial charge in [-0.1, -0.05) is 48.0 Å². The highest BCUT2D eigenvalue weighted by molar-refractivity contribution is 5.83. The van der Waals surface area contributed by atoms with E-state index < -0.39 is 5.41 Å². The quantitative estimate of drug-likeness (QED) is 0.694. The Bertz CT molecular complexity index is 719. The van der Waals surface area contributed by atoms with Crippen LogP contribution in [0.15, 0.2) is 54.6 Å². The third-order valence-corrected chi connectivity index (χ3v) is 5.40. The maximum Gasteiger partial charge on any atom is 0.316 e. The van der Waals surface area contributed by atoms with E-state index in [-0.39, 0.29) is 5.97 Å². The number of nitrogens with zero attached hydrogens (tertiary/aromatic N) is 1. The lowest BCUT2D eigenvalue weighted by Gasteiger charge is -2.40. The summed E-state index contributed by atoms with van der Waals surface area (Å²) in [6.07, 6.45) is 1.56. The van der Waals surface area contributed by atoms with Gasteiger partial charge in [0.25, 0.3) is 0 Å². The highest BCUT2D eigenvalue weighted by atomic mass is 16.5. The van der Waals surface area contributed by atoms with Crippen molar-refractivity contribution in [2.45, 2.75) is 32.1 Å². The molecule has 0 unspecified atom stereocenters. The fourth-order valence-corrected chi connectivity index (χ4v) is 3.72. The monoisotopic (exact) mass is 367 g/mol. The van der Waals surface area contributed by atoms with Gasteiger partial charge in [0.05, 0.1) is 12.0 Å². The van der Waals surface area contributed by atoms with E-state index in [0.29, 0.717) is 13.2 Å². The van der Waals surface area contributed by atoms with Gasteiger partial charge >= 0.3 is 5.97 Å². The zero-order valence-electron chi connectivity index (χ0n) is 16.3. The summed E-state index contributed by atoms with van der Waals surface area (Å²) >= 11 is 0. The van der Waals surface area contributed by atoms with Gasteiger partial charge in [0.1, 0.15) is 12.4 Å². The highest BCUT2D eigenvalue weighted by Crippen LogP contribution is 2.36. The number of rotatable bonds is 7. The number of esters is 1. The van der Waals surface area contributed by atoms with E-state index in [1.54, 1.807) is 0 Å². The summed E-state index contributed by atoms with van der Waals surface area (Å²) < 4.78 is 11.3. The van der Waals surface area contributed by atoms with Crippen molar-refractivity contribution in [3.63, 3.8) is 0 Å². The zero-order valence-corrected chi connectivity index (χ0v) is 16.3. The molecule has 1 saturated heterocycles. The van der Waals surface area contributed by atoms with E-state index in [1.165, 1.54) is 5.56 Å². The van der Waals surface area contributed by atoms with Gasteiger partial charge in [-0.3, -0.25) is 9.69 Å². The molecule has 0 atom stereocenters. The molecule has 27 heavy (non-hydrogen) atoms. The summed E-state index contributed by atoms with van der Waals surface area (Å²) in [6, 6.07) is 18.2. The number of likely N-dealkylation sites (tertiary alicyclic amines) is 1. The molecule has 2 aromatic rings. The Morgan fingerprint density at radius 3 is 2.33 bits per heavy atom. The number of piperidine rings is 1. The molecule has 1 heterocycles. The van der Waals surface area contributed by atoms with Crippen molar-refractivity contribution in [2.75, 3.05) is 32.8 Å². The van der Waals surface area contributed by atoms with Crippen LogP contribution in [0.2, 0.25) is 0 Å². The number of hydrogen-bond acceptors (Lipinski definition) is 4. The van der Waals surface area contributed by atoms with E-state index in [4.69, 9.17) is 9.47 Å². The van der Waals surface area contributed by atoms with Crippen molar-refractivity contribution in [1.29, 1.82) is 0 Å². The molecule has 0 aliphatic carbocycles. The minimum Gasteiger partial charge on any atom is -0.492 e. The average molecular weight is 367 g/mol. The average Bonchev–Trinajstić information content (AvgIpc) is 2.71. The van der Waals surface area contributed by atoms with Crippen molar-refractivity contribution in [3.8, 4) is 5.75 Å². The van der Waals surface area contributed by atoms with Gasteiger partial charge in [-0.25, -0.2) is 0 Å². The van der Waals surface area contributed by atoms with Crippen LogP contribution in [0.1, 0.15) is 30.9 Å². The van der Waals surface area contributed by atoms with Crippen LogP contribution in [0.25, 0.3) is 0 Å². The molecule has 1 aliphatic rings. The molecule has 4 nitrogen and oxygen atoms in total.